The first-order valence-corrected chi connectivity index (χ1v) is 23.4. The number of hydrogen-bond donors (Lipinski definition) is 0. The third-order valence-electron chi connectivity index (χ3n) is 16.0. The molecule has 0 bridgehead atoms. The molecule has 0 radical (unpaired) electrons. The maximum absolute atomic E-state index is 5.77. The van der Waals surface area contributed by atoms with Crippen molar-refractivity contribution >= 4 is 11.1 Å². The zero-order chi connectivity index (χ0) is 43.1. The van der Waals surface area contributed by atoms with Gasteiger partial charge in [-0.1, -0.05) is 196 Å². The third kappa shape index (κ3) is 4.69. The molecule has 2 heteroatoms. The summed E-state index contributed by atoms with van der Waals surface area (Å²) in [7, 11) is 0. The van der Waals surface area contributed by atoms with Crippen LogP contribution in [-0.4, -0.2) is 9.97 Å². The van der Waals surface area contributed by atoms with Gasteiger partial charge in [0.1, 0.15) is 0 Å². The Balaban J connectivity index is 1.11. The zero-order valence-electron chi connectivity index (χ0n) is 36.7. The minimum absolute atomic E-state index is 0.0923. The van der Waals surface area contributed by atoms with Crippen LogP contribution >= 0.6 is 0 Å². The van der Waals surface area contributed by atoms with Crippen molar-refractivity contribution in [1.29, 1.82) is 0 Å². The summed E-state index contributed by atoms with van der Waals surface area (Å²) in [5.41, 5.74) is 25.7. The fraction of sp³-hybridized carbons (Fsp3) is 0.143. The van der Waals surface area contributed by atoms with Crippen LogP contribution in [0.2, 0.25) is 0 Å². The Morgan fingerprint density at radius 2 is 0.985 bits per heavy atom. The summed E-state index contributed by atoms with van der Waals surface area (Å²) in [6.07, 6.45) is 13.7. The van der Waals surface area contributed by atoms with Gasteiger partial charge in [0.05, 0.1) is 22.2 Å². The van der Waals surface area contributed by atoms with Crippen LogP contribution < -0.4 is 0 Å². The highest BCUT2D eigenvalue weighted by Crippen LogP contribution is 2.69. The average molecular weight is 831 g/mol. The Hall–Kier alpha value is -7.42. The van der Waals surface area contributed by atoms with Gasteiger partial charge in [-0.2, -0.15) is 0 Å². The smallest absolute Gasteiger partial charge is 0.160 e. The fourth-order valence-corrected chi connectivity index (χ4v) is 13.4. The highest BCUT2D eigenvalue weighted by Gasteiger charge is 2.60. The van der Waals surface area contributed by atoms with E-state index in [2.05, 4.69) is 208 Å². The van der Waals surface area contributed by atoms with Gasteiger partial charge in [0.25, 0.3) is 0 Å². The van der Waals surface area contributed by atoms with Crippen LogP contribution in [-0.2, 0) is 16.2 Å². The Morgan fingerprint density at radius 3 is 1.72 bits per heavy atom. The Kier molecular flexibility index (Phi) is 7.58. The fourth-order valence-electron chi connectivity index (χ4n) is 13.4. The van der Waals surface area contributed by atoms with Gasteiger partial charge in [-0.25, -0.2) is 9.97 Å². The van der Waals surface area contributed by atoms with Gasteiger partial charge in [-0.05, 0) is 127 Å². The van der Waals surface area contributed by atoms with Gasteiger partial charge in [0, 0.05) is 22.1 Å². The number of hydrogen-bond acceptors (Lipinski definition) is 2. The highest BCUT2D eigenvalue weighted by molar-refractivity contribution is 5.97. The van der Waals surface area contributed by atoms with E-state index in [4.69, 9.17) is 9.97 Å². The summed E-state index contributed by atoms with van der Waals surface area (Å²) in [6, 6.07) is 64.1. The van der Waals surface area contributed by atoms with Crippen molar-refractivity contribution in [2.45, 2.75) is 55.8 Å². The molecule has 0 saturated carbocycles. The second-order valence-electron chi connectivity index (χ2n) is 19.3. The van der Waals surface area contributed by atoms with Crippen LogP contribution in [0.4, 0.5) is 0 Å². The standard InChI is InChI=1S/C63H46N2/c1-61(2)48-27-11-6-21-41(48)46-36-35-40(37-56(46)61)58-38-57(39-19-4-3-5-20-39)64-60(65-58)47-26-18-34-55-59(47)63(51-30-14-9-24-44(51)45-25-10-15-31-52(45)63)54-33-17-16-32-53(54)62(55)49-28-12-7-22-42(49)43-23-8-13-29-50(43)62/h3-5,7-12,14-20,22-28,30-38H,6,13,21,29H2,1-2H3. The van der Waals surface area contributed by atoms with Gasteiger partial charge in [-0.15, -0.1) is 0 Å². The molecule has 1 atom stereocenters. The van der Waals surface area contributed by atoms with Crippen molar-refractivity contribution in [3.8, 4) is 45.0 Å². The van der Waals surface area contributed by atoms with Crippen LogP contribution in [0.25, 0.3) is 56.2 Å². The predicted octanol–water partition coefficient (Wildman–Crippen LogP) is 15.0. The molecule has 1 aromatic heterocycles. The van der Waals surface area contributed by atoms with E-state index in [0.29, 0.717) is 0 Å². The Labute approximate surface area is 381 Å². The van der Waals surface area contributed by atoms with E-state index >= 15 is 0 Å². The molecule has 6 aliphatic carbocycles. The second kappa shape index (κ2) is 13.3. The SMILES string of the molecule is CC1(C)C2=C(CCC=C2)c2ccc(-c3cc(-c4ccccc4)nc(-c4cccc5c4C4(c6ccccc6-c6ccccc64)c4ccccc4C54C5=C(C=CCC5)c5ccccc54)n3)cc21. The minimum atomic E-state index is -0.647. The molecule has 0 fully saturated rings. The lowest BCUT2D eigenvalue weighted by Gasteiger charge is -2.50. The van der Waals surface area contributed by atoms with Crippen LogP contribution in [0.3, 0.4) is 0 Å². The van der Waals surface area contributed by atoms with Gasteiger partial charge in [0.2, 0.25) is 0 Å². The summed E-state index contributed by atoms with van der Waals surface area (Å²) in [4.78, 5) is 11.5. The van der Waals surface area contributed by atoms with Gasteiger partial charge >= 0.3 is 0 Å². The van der Waals surface area contributed by atoms with Crippen LogP contribution in [0.1, 0.15) is 95.2 Å². The molecule has 14 rings (SSSR count). The molecule has 1 heterocycles. The highest BCUT2D eigenvalue weighted by atomic mass is 14.9. The molecule has 0 amide bonds. The summed E-state index contributed by atoms with van der Waals surface area (Å²) in [6.45, 7) is 4.78. The molecule has 0 N–H and O–H groups in total. The maximum atomic E-state index is 5.77. The van der Waals surface area contributed by atoms with E-state index in [9.17, 15) is 0 Å². The lowest BCUT2D eigenvalue weighted by atomic mass is 9.51. The van der Waals surface area contributed by atoms with Crippen molar-refractivity contribution < 1.29 is 0 Å². The van der Waals surface area contributed by atoms with E-state index in [1.165, 1.54) is 89.1 Å². The van der Waals surface area contributed by atoms with Gasteiger partial charge in [0.15, 0.2) is 5.82 Å². The van der Waals surface area contributed by atoms with Crippen LogP contribution in [0.5, 0.6) is 0 Å². The second-order valence-corrected chi connectivity index (χ2v) is 19.3. The average Bonchev–Trinajstić information content (AvgIpc) is 3.92. The zero-order valence-corrected chi connectivity index (χ0v) is 36.7. The molecule has 65 heavy (non-hydrogen) atoms. The largest absolute Gasteiger partial charge is 0.228 e. The monoisotopic (exact) mass is 830 g/mol. The molecule has 2 nitrogen and oxygen atoms in total. The lowest BCUT2D eigenvalue weighted by Crippen LogP contribution is -2.44. The van der Waals surface area contributed by atoms with Crippen LogP contribution in [0, 0.1) is 0 Å². The summed E-state index contributed by atoms with van der Waals surface area (Å²) in [5.74, 6) is 0.748. The summed E-state index contributed by atoms with van der Waals surface area (Å²) < 4.78 is 0. The van der Waals surface area contributed by atoms with Crippen molar-refractivity contribution in [1.82, 2.24) is 9.97 Å². The first-order valence-electron chi connectivity index (χ1n) is 23.4. The molecule has 8 aromatic rings. The number of rotatable bonds is 3. The Bertz CT molecular complexity index is 3470. The molecule has 1 unspecified atom stereocenters. The van der Waals surface area contributed by atoms with E-state index in [1.54, 1.807) is 0 Å². The normalized spacial score (nSPS) is 19.4. The van der Waals surface area contributed by atoms with Crippen molar-refractivity contribution in [3.05, 3.63) is 261 Å². The lowest BCUT2D eigenvalue weighted by molar-refractivity contribution is 0.606. The number of allylic oxidation sites excluding steroid dienone is 8. The first kappa shape index (κ1) is 37.0. The number of aromatic nitrogens is 2. The van der Waals surface area contributed by atoms with Crippen molar-refractivity contribution in [3.63, 3.8) is 0 Å². The first-order chi connectivity index (χ1) is 32.0. The van der Waals surface area contributed by atoms with Crippen LogP contribution in [0.15, 0.2) is 205 Å². The predicted molar refractivity (Wildman–Crippen MR) is 266 cm³/mol. The molecule has 2 spiro atoms. The molecular weight excluding hydrogens is 785 g/mol. The summed E-state index contributed by atoms with van der Waals surface area (Å²) in [5, 5.41) is 0. The molecule has 6 aliphatic rings. The molecule has 0 saturated heterocycles. The molecule has 308 valence electrons. The number of fused-ring (bicyclic) bond motifs is 17. The molecular formula is C63H46N2. The van der Waals surface area contributed by atoms with E-state index < -0.39 is 10.8 Å². The van der Waals surface area contributed by atoms with Crippen molar-refractivity contribution in [2.75, 3.05) is 0 Å². The topological polar surface area (TPSA) is 25.8 Å². The van der Waals surface area contributed by atoms with E-state index in [-0.39, 0.29) is 5.41 Å². The minimum Gasteiger partial charge on any atom is -0.228 e. The quantitative estimate of drug-likeness (QED) is 0.177. The van der Waals surface area contributed by atoms with Crippen molar-refractivity contribution in [2.24, 2.45) is 0 Å². The van der Waals surface area contributed by atoms with E-state index in [0.717, 1.165) is 59.6 Å². The summed E-state index contributed by atoms with van der Waals surface area (Å²) >= 11 is 0. The molecule has 0 aliphatic heterocycles. The molecule has 7 aromatic carbocycles. The number of benzene rings is 7. The Morgan fingerprint density at radius 1 is 0.415 bits per heavy atom. The third-order valence-corrected chi connectivity index (χ3v) is 16.0. The maximum Gasteiger partial charge on any atom is 0.160 e. The number of nitrogens with zero attached hydrogens (tertiary/aromatic N) is 2. The van der Waals surface area contributed by atoms with Gasteiger partial charge in [-0.3, -0.25) is 0 Å². The van der Waals surface area contributed by atoms with E-state index in [1.807, 2.05) is 0 Å². The van der Waals surface area contributed by atoms with Gasteiger partial charge < -0.3 is 0 Å².